The Balaban J connectivity index is 1.57. The Morgan fingerprint density at radius 1 is 0.559 bits per heavy atom. The maximum Gasteiger partial charge on any atom is 0.215 e. The van der Waals surface area contributed by atoms with Crippen LogP contribution in [-0.2, 0) is 9.59 Å². The summed E-state index contributed by atoms with van der Waals surface area (Å²) in [6.45, 7) is 6.83. The summed E-state index contributed by atoms with van der Waals surface area (Å²) in [5.41, 5.74) is 4.33. The van der Waals surface area contributed by atoms with Crippen molar-refractivity contribution in [2.45, 2.75) is 0 Å². The third-order valence-electron chi connectivity index (χ3n) is 4.48. The normalized spacial score (nSPS) is 10.8. The zero-order valence-corrected chi connectivity index (χ0v) is 19.9. The van der Waals surface area contributed by atoms with Gasteiger partial charge in [0.25, 0.3) is 0 Å². The third-order valence-corrected chi connectivity index (χ3v) is 5.77. The van der Waals surface area contributed by atoms with Gasteiger partial charge in [0.1, 0.15) is 11.5 Å². The van der Waals surface area contributed by atoms with Gasteiger partial charge in [0.2, 0.25) is 10.2 Å². The van der Waals surface area contributed by atoms with Crippen LogP contribution in [0.2, 0.25) is 0 Å². The minimum Gasteiger partial charge on any atom is -0.464 e. The molecule has 3 aromatic carbocycles. The number of thioether (sulfide) groups is 2. The highest BCUT2D eigenvalue weighted by Crippen LogP contribution is 2.27. The number of carbonyl (C=O) groups is 2. The van der Waals surface area contributed by atoms with Crippen LogP contribution in [0.25, 0.3) is 22.3 Å². The number of hydrogen-bond donors (Lipinski definition) is 0. The van der Waals surface area contributed by atoms with Crippen LogP contribution in [-0.4, -0.2) is 10.2 Å². The minimum absolute atomic E-state index is 0.132. The van der Waals surface area contributed by atoms with Crippen LogP contribution < -0.4 is 9.47 Å². The first-order chi connectivity index (χ1) is 16.6. The second kappa shape index (κ2) is 13.1. The van der Waals surface area contributed by atoms with Crippen molar-refractivity contribution >= 4 is 33.8 Å². The van der Waals surface area contributed by atoms with Gasteiger partial charge in [0, 0.05) is 10.8 Å². The van der Waals surface area contributed by atoms with E-state index in [1.807, 2.05) is 48.5 Å². The predicted octanol–water partition coefficient (Wildman–Crippen LogP) is 7.61. The fourth-order valence-electron chi connectivity index (χ4n) is 2.81. The lowest BCUT2D eigenvalue weighted by Gasteiger charge is -2.07. The molecule has 4 nitrogen and oxygen atoms in total. The lowest BCUT2D eigenvalue weighted by molar-refractivity contribution is -0.107. The van der Waals surface area contributed by atoms with Crippen molar-refractivity contribution < 1.29 is 19.1 Å². The summed E-state index contributed by atoms with van der Waals surface area (Å²) < 4.78 is 11.0. The molecule has 0 aliphatic rings. The molecule has 0 unspecified atom stereocenters. The van der Waals surface area contributed by atoms with Gasteiger partial charge in [-0.15, -0.1) is 0 Å². The highest BCUT2D eigenvalue weighted by molar-refractivity contribution is 8.16. The number of ether oxygens (including phenoxy) is 2. The van der Waals surface area contributed by atoms with Crippen molar-refractivity contribution in [2.24, 2.45) is 0 Å². The molecule has 3 aromatic rings. The fraction of sp³-hybridized carbons (Fsp3) is 0. The molecule has 0 bridgehead atoms. The number of hydrogen-bond acceptors (Lipinski definition) is 6. The Kier molecular flexibility index (Phi) is 9.58. The summed E-state index contributed by atoms with van der Waals surface area (Å²) in [5, 5.41) is 2.90. The van der Waals surface area contributed by atoms with E-state index in [4.69, 9.17) is 9.47 Å². The summed E-state index contributed by atoms with van der Waals surface area (Å²) >= 11 is 2.03. The number of benzene rings is 3. The van der Waals surface area contributed by atoms with Gasteiger partial charge in [-0.05, 0) is 58.7 Å². The summed E-state index contributed by atoms with van der Waals surface area (Å²) in [7, 11) is 0. The smallest absolute Gasteiger partial charge is 0.215 e. The molecular formula is C28H22O4S2. The molecule has 0 N–H and O–H groups in total. The molecule has 0 aliphatic heterocycles. The molecule has 0 fully saturated rings. The Hall–Kier alpha value is -3.74. The predicted molar refractivity (Wildman–Crippen MR) is 142 cm³/mol. The highest BCUT2D eigenvalue weighted by atomic mass is 32.2. The van der Waals surface area contributed by atoms with E-state index in [-0.39, 0.29) is 10.2 Å². The molecule has 6 heteroatoms. The molecule has 0 aliphatic carbocycles. The van der Waals surface area contributed by atoms with Gasteiger partial charge in [-0.3, -0.25) is 9.59 Å². The van der Waals surface area contributed by atoms with Gasteiger partial charge in [0.15, 0.2) is 0 Å². The topological polar surface area (TPSA) is 52.6 Å². The Morgan fingerprint density at radius 3 is 1.15 bits per heavy atom. The van der Waals surface area contributed by atoms with Crippen molar-refractivity contribution in [2.75, 3.05) is 0 Å². The van der Waals surface area contributed by atoms with E-state index < -0.39 is 0 Å². The molecule has 0 spiro atoms. The molecule has 0 heterocycles. The average Bonchev–Trinajstić information content (AvgIpc) is 2.89. The number of rotatable bonds is 10. The number of carbonyl (C=O) groups excluding carboxylic acids is 2. The Bertz CT molecular complexity index is 1100. The Morgan fingerprint density at radius 2 is 0.853 bits per heavy atom. The van der Waals surface area contributed by atoms with E-state index in [0.29, 0.717) is 11.5 Å². The van der Waals surface area contributed by atoms with Gasteiger partial charge in [-0.2, -0.15) is 0 Å². The highest BCUT2D eigenvalue weighted by Gasteiger charge is 2.02. The summed E-state index contributed by atoms with van der Waals surface area (Å²) in [6, 6.07) is 23.8. The van der Waals surface area contributed by atoms with Crippen LogP contribution in [0.4, 0.5) is 0 Å². The molecule has 0 aromatic heterocycles. The zero-order valence-electron chi connectivity index (χ0n) is 18.3. The van der Waals surface area contributed by atoms with Gasteiger partial charge < -0.3 is 9.47 Å². The van der Waals surface area contributed by atoms with Gasteiger partial charge in [0.05, 0.1) is 12.5 Å². The first-order valence-electron chi connectivity index (χ1n) is 10.2. The van der Waals surface area contributed by atoms with Crippen LogP contribution in [0.3, 0.4) is 0 Å². The quantitative estimate of drug-likeness (QED) is 0.217. The molecule has 0 amide bonds. The third kappa shape index (κ3) is 7.69. The van der Waals surface area contributed by atoms with E-state index in [1.165, 1.54) is 24.7 Å². The lowest BCUT2D eigenvalue weighted by Crippen LogP contribution is -1.85. The van der Waals surface area contributed by atoms with E-state index in [2.05, 4.69) is 37.4 Å². The van der Waals surface area contributed by atoms with Crippen LogP contribution >= 0.6 is 23.5 Å². The zero-order chi connectivity index (χ0) is 24.2. The summed E-state index contributed by atoms with van der Waals surface area (Å²) in [4.78, 5) is 22.3. The molecule has 34 heavy (non-hydrogen) atoms. The average molecular weight is 487 g/mol. The molecule has 170 valence electrons. The molecule has 0 saturated heterocycles. The SMILES string of the molecule is C=CC(=O)SC=COc1ccc(-c2ccc(-c3ccc(OC=CSC(=O)C=C)cc3)cc2)cc1. The standard InChI is InChI=1S/C28H22O4S2/c1-3-27(29)33-19-17-31-25-13-9-23(10-14-25)21-5-7-22(8-6-21)24-11-15-26(16-12-24)32-18-20-34-28(30)4-2/h3-20H,1-2H2. The van der Waals surface area contributed by atoms with Gasteiger partial charge in [-0.1, -0.05) is 85.2 Å². The molecule has 0 atom stereocenters. The second-order valence-corrected chi connectivity index (χ2v) is 8.51. The van der Waals surface area contributed by atoms with E-state index in [1.54, 1.807) is 10.8 Å². The largest absolute Gasteiger partial charge is 0.464 e. The van der Waals surface area contributed by atoms with Gasteiger partial charge >= 0.3 is 0 Å². The van der Waals surface area contributed by atoms with Gasteiger partial charge in [-0.25, -0.2) is 0 Å². The van der Waals surface area contributed by atoms with Crippen molar-refractivity contribution in [3.8, 4) is 33.8 Å². The maximum atomic E-state index is 11.1. The lowest BCUT2D eigenvalue weighted by atomic mass is 10.0. The van der Waals surface area contributed by atoms with Crippen LogP contribution in [0.1, 0.15) is 0 Å². The van der Waals surface area contributed by atoms with Crippen molar-refractivity contribution in [1.29, 1.82) is 0 Å². The molecule has 3 rings (SSSR count). The maximum absolute atomic E-state index is 11.1. The van der Waals surface area contributed by atoms with E-state index in [0.717, 1.165) is 45.8 Å². The van der Waals surface area contributed by atoms with Crippen LogP contribution in [0, 0.1) is 0 Å². The molecular weight excluding hydrogens is 464 g/mol. The summed E-state index contributed by atoms with van der Waals surface area (Å²) in [6.07, 6.45) is 5.47. The fourth-order valence-corrected chi connectivity index (χ4v) is 3.49. The summed E-state index contributed by atoms with van der Waals surface area (Å²) in [5.74, 6) is 1.37. The van der Waals surface area contributed by atoms with Crippen molar-refractivity contribution in [1.82, 2.24) is 0 Å². The van der Waals surface area contributed by atoms with Crippen molar-refractivity contribution in [3.63, 3.8) is 0 Å². The van der Waals surface area contributed by atoms with Crippen LogP contribution in [0.15, 0.2) is 121 Å². The second-order valence-electron chi connectivity index (χ2n) is 6.69. The minimum atomic E-state index is -0.132. The van der Waals surface area contributed by atoms with E-state index >= 15 is 0 Å². The first kappa shape index (κ1) is 24.9. The molecule has 0 radical (unpaired) electrons. The Labute approximate surface area is 207 Å². The van der Waals surface area contributed by atoms with Crippen LogP contribution in [0.5, 0.6) is 11.5 Å². The monoisotopic (exact) mass is 486 g/mol. The van der Waals surface area contributed by atoms with Crippen molar-refractivity contribution in [3.05, 3.63) is 121 Å². The van der Waals surface area contributed by atoms with E-state index in [9.17, 15) is 9.59 Å². The first-order valence-corrected chi connectivity index (χ1v) is 12.0. The molecule has 0 saturated carbocycles.